The predicted molar refractivity (Wildman–Crippen MR) is 200 cm³/mol. The first-order valence-electron chi connectivity index (χ1n) is 17.0. The van der Waals surface area contributed by atoms with Gasteiger partial charge in [0.2, 0.25) is 0 Å². The van der Waals surface area contributed by atoms with Gasteiger partial charge in [-0.3, -0.25) is 4.18 Å². The summed E-state index contributed by atoms with van der Waals surface area (Å²) in [5.41, 5.74) is -5.66. The van der Waals surface area contributed by atoms with Gasteiger partial charge in [0.05, 0.1) is 12.7 Å². The van der Waals surface area contributed by atoms with Crippen LogP contribution in [0, 0.1) is 0 Å². The monoisotopic (exact) mass is 756 g/mol. The lowest BCUT2D eigenvalue weighted by Crippen LogP contribution is -2.69. The molecule has 1 heterocycles. The number of alkyl halides is 3. The summed E-state index contributed by atoms with van der Waals surface area (Å²) < 4.78 is 93.7. The van der Waals surface area contributed by atoms with Gasteiger partial charge in [-0.15, -0.1) is 0 Å². The second-order valence-corrected chi connectivity index (χ2v) is 25.2. The number of benzene rings is 4. The van der Waals surface area contributed by atoms with Gasteiger partial charge in [0, 0.05) is 0 Å². The molecule has 4 aromatic carbocycles. The van der Waals surface area contributed by atoms with E-state index in [1.807, 2.05) is 142 Å². The van der Waals surface area contributed by atoms with E-state index in [0.717, 1.165) is 20.7 Å². The summed E-state index contributed by atoms with van der Waals surface area (Å²) in [6, 6.07) is 38.7. The lowest BCUT2D eigenvalue weighted by atomic mass is 10.1. The zero-order valence-electron chi connectivity index (χ0n) is 30.1. The van der Waals surface area contributed by atoms with E-state index in [4.69, 9.17) is 17.8 Å². The molecule has 1 aliphatic rings. The maximum absolute atomic E-state index is 14.1. The molecule has 4 atom stereocenters. The van der Waals surface area contributed by atoms with Crippen LogP contribution < -0.4 is 20.7 Å². The number of rotatable bonds is 11. The first-order chi connectivity index (χ1) is 23.8. The summed E-state index contributed by atoms with van der Waals surface area (Å²) in [6.07, 6.45) is -4.96. The van der Waals surface area contributed by atoms with E-state index in [0.29, 0.717) is 0 Å². The maximum atomic E-state index is 14.1. The number of halogens is 3. The Morgan fingerprint density at radius 2 is 0.961 bits per heavy atom. The molecule has 6 nitrogen and oxygen atoms in total. The van der Waals surface area contributed by atoms with Crippen LogP contribution in [0.5, 0.6) is 0 Å². The van der Waals surface area contributed by atoms with Crippen molar-refractivity contribution in [1.82, 2.24) is 0 Å². The zero-order valence-corrected chi connectivity index (χ0v) is 32.9. The third-order valence-electron chi connectivity index (χ3n) is 9.67. The van der Waals surface area contributed by atoms with E-state index in [1.165, 1.54) is 0 Å². The van der Waals surface area contributed by atoms with Crippen LogP contribution in [0.1, 0.15) is 48.5 Å². The molecule has 0 bridgehead atoms. The summed E-state index contributed by atoms with van der Waals surface area (Å²) in [6.45, 7) is 13.8. The van der Waals surface area contributed by atoms with E-state index in [-0.39, 0.29) is 6.61 Å². The quantitative estimate of drug-likeness (QED) is 0.0986. The number of ether oxygens (including phenoxy) is 1. The van der Waals surface area contributed by atoms with Crippen molar-refractivity contribution in [3.63, 3.8) is 0 Å². The summed E-state index contributed by atoms with van der Waals surface area (Å²) in [5, 5.41) is 2.64. The molecule has 4 aromatic rings. The Bertz CT molecular complexity index is 1750. The van der Waals surface area contributed by atoms with Crippen molar-refractivity contribution in [3.05, 3.63) is 121 Å². The van der Waals surface area contributed by atoms with Crippen molar-refractivity contribution in [3.8, 4) is 0 Å². The Kier molecular flexibility index (Phi) is 11.3. The van der Waals surface area contributed by atoms with Crippen LogP contribution in [0.4, 0.5) is 13.2 Å². The van der Waals surface area contributed by atoms with Crippen LogP contribution >= 0.6 is 0 Å². The Hall–Kier alpha value is -3.11. The molecule has 51 heavy (non-hydrogen) atoms. The SMILES string of the molecule is C[C@@H]1O[C@H](CO[Si](c2ccccc2)(c2ccccc2)C(C)(C)C)[C@H](OS(=O)(=O)C(F)(F)F)[C@H]1O[Si](c1ccccc1)(c1ccccc1)C(C)(C)C. The molecule has 0 aromatic heterocycles. The third kappa shape index (κ3) is 7.55. The number of hydrogen-bond donors (Lipinski definition) is 0. The fraction of sp³-hybridized carbons (Fsp3) is 0.385. The molecule has 0 spiro atoms. The molecule has 12 heteroatoms. The van der Waals surface area contributed by atoms with Gasteiger partial charge < -0.3 is 13.6 Å². The minimum absolute atomic E-state index is 0.240. The molecule has 0 aliphatic carbocycles. The molecule has 0 saturated carbocycles. The summed E-state index contributed by atoms with van der Waals surface area (Å²) in [7, 11) is -12.7. The van der Waals surface area contributed by atoms with Gasteiger partial charge in [0.15, 0.2) is 0 Å². The smallest absolute Gasteiger partial charge is 0.405 e. The standard InChI is InChI=1S/C39H47F3O6SSi2/c1-29-35(48-51(38(5,6)7,32-24-16-10-17-25-32)33-26-18-11-19-27-33)36(47-49(43,44)39(40,41)42)34(46-29)28-45-50(37(2,3)4,30-20-12-8-13-21-30)31-22-14-9-15-23-31/h8-27,29,34-36H,28H2,1-7H3/t29-,34+,35-,36-/m0/s1. The Balaban J connectivity index is 1.64. The summed E-state index contributed by atoms with van der Waals surface area (Å²) >= 11 is 0. The summed E-state index contributed by atoms with van der Waals surface area (Å²) in [4.78, 5) is 0. The molecule has 0 N–H and O–H groups in total. The molecule has 0 unspecified atom stereocenters. The second kappa shape index (κ2) is 14.7. The van der Waals surface area contributed by atoms with Gasteiger partial charge in [-0.1, -0.05) is 163 Å². The first kappa shape index (κ1) is 39.1. The molecule has 274 valence electrons. The molecular weight excluding hydrogens is 710 g/mol. The average molecular weight is 757 g/mol. The van der Waals surface area contributed by atoms with Gasteiger partial charge in [-0.25, -0.2) is 0 Å². The van der Waals surface area contributed by atoms with Crippen molar-refractivity contribution in [2.45, 2.75) is 88.5 Å². The summed E-state index contributed by atoms with van der Waals surface area (Å²) in [5.74, 6) is 0. The fourth-order valence-electron chi connectivity index (χ4n) is 7.39. The van der Waals surface area contributed by atoms with Gasteiger partial charge in [-0.05, 0) is 37.7 Å². The van der Waals surface area contributed by atoms with E-state index in [1.54, 1.807) is 6.92 Å². The highest BCUT2D eigenvalue weighted by Gasteiger charge is 2.60. The van der Waals surface area contributed by atoms with E-state index < -0.39 is 66.8 Å². The molecule has 1 aliphatic heterocycles. The van der Waals surface area contributed by atoms with Crippen LogP contribution in [0.25, 0.3) is 0 Å². The minimum Gasteiger partial charge on any atom is -0.405 e. The Morgan fingerprint density at radius 3 is 1.29 bits per heavy atom. The molecule has 0 radical (unpaired) electrons. The molecule has 0 amide bonds. The van der Waals surface area contributed by atoms with Crippen LogP contribution in [0.15, 0.2) is 121 Å². The molecular formula is C39H47F3O6SSi2. The van der Waals surface area contributed by atoms with Crippen molar-refractivity contribution in [2.75, 3.05) is 6.61 Å². The van der Waals surface area contributed by atoms with Gasteiger partial charge in [-0.2, -0.15) is 21.6 Å². The topological polar surface area (TPSA) is 71.1 Å². The maximum Gasteiger partial charge on any atom is 0.523 e. The molecule has 1 fully saturated rings. The van der Waals surface area contributed by atoms with Crippen LogP contribution in [0.2, 0.25) is 10.1 Å². The lowest BCUT2D eigenvalue weighted by Gasteiger charge is -2.46. The van der Waals surface area contributed by atoms with E-state index in [9.17, 15) is 21.6 Å². The van der Waals surface area contributed by atoms with Crippen molar-refractivity contribution >= 4 is 47.5 Å². The highest BCUT2D eigenvalue weighted by molar-refractivity contribution is 7.87. The molecule has 5 rings (SSSR count). The third-order valence-corrected chi connectivity index (χ3v) is 20.8. The van der Waals surface area contributed by atoms with Crippen molar-refractivity contribution in [2.24, 2.45) is 0 Å². The van der Waals surface area contributed by atoms with Crippen LogP contribution in [-0.2, 0) is 27.9 Å². The van der Waals surface area contributed by atoms with Gasteiger partial charge in [0.25, 0.3) is 16.6 Å². The lowest BCUT2D eigenvalue weighted by molar-refractivity contribution is -0.0650. The average Bonchev–Trinajstić information content (AvgIpc) is 3.36. The van der Waals surface area contributed by atoms with Gasteiger partial charge >= 0.3 is 15.6 Å². The normalized spacial score (nSPS) is 20.7. The van der Waals surface area contributed by atoms with E-state index >= 15 is 0 Å². The Morgan fingerprint density at radius 1 is 0.608 bits per heavy atom. The highest BCUT2D eigenvalue weighted by Crippen LogP contribution is 2.43. The van der Waals surface area contributed by atoms with Gasteiger partial charge in [0.1, 0.15) is 18.3 Å². The van der Waals surface area contributed by atoms with Crippen molar-refractivity contribution in [1.29, 1.82) is 0 Å². The fourth-order valence-corrected chi connectivity index (χ4v) is 17.3. The molecule has 1 saturated heterocycles. The predicted octanol–water partition coefficient (Wildman–Crippen LogP) is 6.53. The largest absolute Gasteiger partial charge is 0.523 e. The van der Waals surface area contributed by atoms with Crippen LogP contribution in [0.3, 0.4) is 0 Å². The highest BCUT2D eigenvalue weighted by atomic mass is 32.2. The van der Waals surface area contributed by atoms with Crippen LogP contribution in [-0.4, -0.2) is 61.6 Å². The zero-order chi connectivity index (χ0) is 37.3. The van der Waals surface area contributed by atoms with Crippen molar-refractivity contribution < 1.29 is 39.4 Å². The minimum atomic E-state index is -6.07. The number of hydrogen-bond acceptors (Lipinski definition) is 6. The Labute approximate surface area is 302 Å². The second-order valence-electron chi connectivity index (χ2n) is 15.1. The first-order valence-corrected chi connectivity index (χ1v) is 22.3. The van der Waals surface area contributed by atoms with E-state index in [2.05, 4.69) is 20.8 Å².